The number of non-ortho nitro benzene ring substituents is 1. The summed E-state index contributed by atoms with van der Waals surface area (Å²) >= 11 is 5.67. The first-order chi connectivity index (χ1) is 14.7. The Morgan fingerprint density at radius 2 is 1.55 bits per heavy atom. The summed E-state index contributed by atoms with van der Waals surface area (Å²) < 4.78 is 0. The molecular weight excluding hydrogens is 438 g/mol. The van der Waals surface area contributed by atoms with Crippen LogP contribution in [0.25, 0.3) is 0 Å². The number of urea groups is 2. The molecule has 0 atom stereocenters. The molecule has 15 heteroatoms. The van der Waals surface area contributed by atoms with Crippen molar-refractivity contribution in [1.82, 2.24) is 16.2 Å². The van der Waals surface area contributed by atoms with E-state index in [9.17, 15) is 34.6 Å². The van der Waals surface area contributed by atoms with Crippen molar-refractivity contribution in [2.75, 3.05) is 17.2 Å². The number of rotatable bonds is 6. The largest absolute Gasteiger partial charge is 0.337 e. The fraction of sp³-hybridized carbons (Fsp3) is 0.0625. The molecule has 2 aromatic carbocycles. The molecule has 0 aliphatic rings. The predicted octanol–water partition coefficient (Wildman–Crippen LogP) is 2.13. The number of anilines is 2. The Morgan fingerprint density at radius 3 is 2.23 bits per heavy atom. The van der Waals surface area contributed by atoms with Crippen molar-refractivity contribution in [2.45, 2.75) is 0 Å². The van der Waals surface area contributed by atoms with Crippen molar-refractivity contribution in [3.05, 3.63) is 67.7 Å². The molecule has 31 heavy (non-hydrogen) atoms. The van der Waals surface area contributed by atoms with E-state index >= 15 is 0 Å². The molecule has 0 unspecified atom stereocenters. The lowest BCUT2D eigenvalue weighted by atomic mass is 10.3. The van der Waals surface area contributed by atoms with Gasteiger partial charge in [-0.05, 0) is 18.2 Å². The second kappa shape index (κ2) is 10.4. The number of nitrogens with zero attached hydrogens (tertiary/aromatic N) is 2. The smallest absolute Gasteiger partial charge is 0.329 e. The number of amides is 5. The van der Waals surface area contributed by atoms with Gasteiger partial charge in [0.2, 0.25) is 0 Å². The second-order valence-corrected chi connectivity index (χ2v) is 6.07. The molecular formula is C16H14ClN7O7. The molecule has 0 aliphatic carbocycles. The van der Waals surface area contributed by atoms with Crippen LogP contribution in [0.2, 0.25) is 5.02 Å². The van der Waals surface area contributed by atoms with E-state index in [4.69, 9.17) is 11.6 Å². The number of carbonyl (C=O) groups excluding carboxylic acids is 3. The van der Waals surface area contributed by atoms with Gasteiger partial charge < -0.3 is 16.0 Å². The van der Waals surface area contributed by atoms with Crippen LogP contribution in [0.4, 0.5) is 32.3 Å². The second-order valence-electron chi connectivity index (χ2n) is 5.67. The van der Waals surface area contributed by atoms with E-state index in [1.54, 1.807) is 0 Å². The number of nitro benzene ring substituents is 2. The summed E-state index contributed by atoms with van der Waals surface area (Å²) in [5.74, 6) is -0.800. The molecule has 0 heterocycles. The lowest BCUT2D eigenvalue weighted by Crippen LogP contribution is -2.48. The Balaban J connectivity index is 1.76. The van der Waals surface area contributed by atoms with Gasteiger partial charge >= 0.3 is 12.1 Å². The molecule has 0 bridgehead atoms. The maximum absolute atomic E-state index is 11.8. The fourth-order valence-electron chi connectivity index (χ4n) is 2.10. The van der Waals surface area contributed by atoms with Gasteiger partial charge in [-0.25, -0.2) is 15.0 Å². The zero-order valence-corrected chi connectivity index (χ0v) is 16.1. The molecule has 0 saturated heterocycles. The summed E-state index contributed by atoms with van der Waals surface area (Å²) in [6.07, 6.45) is 0. The van der Waals surface area contributed by atoms with Crippen LogP contribution in [-0.2, 0) is 4.79 Å². The molecule has 0 spiro atoms. The lowest BCUT2D eigenvalue weighted by Gasteiger charge is -2.10. The first-order valence-corrected chi connectivity index (χ1v) is 8.62. The Kier molecular flexibility index (Phi) is 7.62. The van der Waals surface area contributed by atoms with E-state index in [1.165, 1.54) is 30.3 Å². The molecule has 5 N–H and O–H groups in total. The third-order valence-corrected chi connectivity index (χ3v) is 3.76. The predicted molar refractivity (Wildman–Crippen MR) is 109 cm³/mol. The minimum absolute atomic E-state index is 0.0531. The molecule has 14 nitrogen and oxygen atoms in total. The van der Waals surface area contributed by atoms with Gasteiger partial charge in [-0.1, -0.05) is 17.7 Å². The number of carbonyl (C=O) groups is 3. The highest BCUT2D eigenvalue weighted by Gasteiger charge is 2.14. The molecule has 0 radical (unpaired) electrons. The average molecular weight is 452 g/mol. The number of hydrazine groups is 1. The molecule has 0 aliphatic heterocycles. The summed E-state index contributed by atoms with van der Waals surface area (Å²) in [5, 5.41) is 28.2. The zero-order valence-electron chi connectivity index (χ0n) is 15.4. The standard InChI is InChI=1S/C16H14ClN7O7/c17-12-5-4-10(7-13(12)24(30)31)20-16(27)22-21-14(25)8-18-15(26)19-9-2-1-3-11(6-9)23(28)29/h1-7H,8H2,(H,21,25)(H2,18,19,26)(H2,20,22,27). The maximum Gasteiger partial charge on any atom is 0.337 e. The number of hydrogen-bond acceptors (Lipinski definition) is 7. The normalized spacial score (nSPS) is 9.84. The average Bonchev–Trinajstić information content (AvgIpc) is 2.72. The number of benzene rings is 2. The third kappa shape index (κ3) is 7.13. The van der Waals surface area contributed by atoms with Gasteiger partial charge in [-0.2, -0.15) is 0 Å². The van der Waals surface area contributed by atoms with E-state index in [-0.39, 0.29) is 22.1 Å². The molecule has 2 aromatic rings. The molecule has 0 saturated carbocycles. The molecule has 2 rings (SSSR count). The van der Waals surface area contributed by atoms with Gasteiger partial charge in [0.25, 0.3) is 17.3 Å². The van der Waals surface area contributed by atoms with Crippen LogP contribution in [0.15, 0.2) is 42.5 Å². The van der Waals surface area contributed by atoms with Crippen molar-refractivity contribution >= 4 is 52.3 Å². The Morgan fingerprint density at radius 1 is 0.871 bits per heavy atom. The topological polar surface area (TPSA) is 198 Å². The van der Waals surface area contributed by atoms with Gasteiger partial charge in [0.1, 0.15) is 11.6 Å². The summed E-state index contributed by atoms with van der Waals surface area (Å²) in [7, 11) is 0. The minimum Gasteiger partial charge on any atom is -0.329 e. The van der Waals surface area contributed by atoms with Crippen LogP contribution in [0.3, 0.4) is 0 Å². The Bertz CT molecular complexity index is 1050. The van der Waals surface area contributed by atoms with Gasteiger partial charge in [0.05, 0.1) is 9.85 Å². The van der Waals surface area contributed by atoms with E-state index in [1.807, 2.05) is 10.9 Å². The van der Waals surface area contributed by atoms with Crippen LogP contribution in [0.5, 0.6) is 0 Å². The van der Waals surface area contributed by atoms with Crippen molar-refractivity contribution in [3.8, 4) is 0 Å². The van der Waals surface area contributed by atoms with E-state index < -0.39 is 40.0 Å². The monoisotopic (exact) mass is 451 g/mol. The summed E-state index contributed by atoms with van der Waals surface area (Å²) in [5.41, 5.74) is 3.54. The van der Waals surface area contributed by atoms with Gasteiger partial charge in [-0.3, -0.25) is 30.4 Å². The highest BCUT2D eigenvalue weighted by Crippen LogP contribution is 2.27. The third-order valence-electron chi connectivity index (χ3n) is 3.44. The van der Waals surface area contributed by atoms with Crippen molar-refractivity contribution in [1.29, 1.82) is 0 Å². The maximum atomic E-state index is 11.8. The van der Waals surface area contributed by atoms with Gasteiger partial charge in [-0.15, -0.1) is 0 Å². The molecule has 0 fully saturated rings. The first-order valence-electron chi connectivity index (χ1n) is 8.25. The number of nitrogens with one attached hydrogen (secondary N) is 5. The van der Waals surface area contributed by atoms with Crippen LogP contribution in [-0.4, -0.2) is 34.4 Å². The van der Waals surface area contributed by atoms with Crippen molar-refractivity contribution < 1.29 is 24.2 Å². The molecule has 0 aromatic heterocycles. The Hall–Kier alpha value is -4.46. The zero-order chi connectivity index (χ0) is 23.0. The Labute approximate surface area is 178 Å². The van der Waals surface area contributed by atoms with Crippen molar-refractivity contribution in [3.63, 3.8) is 0 Å². The van der Waals surface area contributed by atoms with Crippen LogP contribution in [0, 0.1) is 20.2 Å². The number of hydrogen-bond donors (Lipinski definition) is 5. The summed E-state index contributed by atoms with van der Waals surface area (Å²) in [6, 6.07) is 7.01. The highest BCUT2D eigenvalue weighted by molar-refractivity contribution is 6.32. The van der Waals surface area contributed by atoms with Crippen LogP contribution >= 0.6 is 11.6 Å². The molecule has 162 valence electrons. The SMILES string of the molecule is O=C(CNC(=O)Nc1cccc([N+](=O)[O-])c1)NNC(=O)Nc1ccc(Cl)c([N+](=O)[O-])c1. The van der Waals surface area contributed by atoms with Crippen molar-refractivity contribution in [2.24, 2.45) is 0 Å². The quantitative estimate of drug-likeness (QED) is 0.327. The highest BCUT2D eigenvalue weighted by atomic mass is 35.5. The van der Waals surface area contributed by atoms with Gasteiger partial charge in [0.15, 0.2) is 0 Å². The van der Waals surface area contributed by atoms with E-state index in [0.29, 0.717) is 0 Å². The summed E-state index contributed by atoms with van der Waals surface area (Å²) in [4.78, 5) is 55.4. The van der Waals surface area contributed by atoms with E-state index in [2.05, 4.69) is 16.0 Å². The molecule has 5 amide bonds. The number of halogens is 1. The van der Waals surface area contributed by atoms with Gasteiger partial charge in [0, 0.05) is 29.6 Å². The fourth-order valence-corrected chi connectivity index (χ4v) is 2.28. The van der Waals surface area contributed by atoms with Crippen LogP contribution < -0.4 is 26.8 Å². The number of nitro groups is 2. The first kappa shape index (κ1) is 22.8. The van der Waals surface area contributed by atoms with E-state index in [0.717, 1.165) is 12.1 Å². The lowest BCUT2D eigenvalue weighted by molar-refractivity contribution is -0.384. The minimum atomic E-state index is -0.911. The van der Waals surface area contributed by atoms with Crippen LogP contribution in [0.1, 0.15) is 0 Å². The summed E-state index contributed by atoms with van der Waals surface area (Å²) in [6.45, 7) is -0.534.